The fourth-order valence-corrected chi connectivity index (χ4v) is 3.78. The van der Waals surface area contributed by atoms with E-state index in [0.29, 0.717) is 5.56 Å². The summed E-state index contributed by atoms with van der Waals surface area (Å²) in [6, 6.07) is 3.97. The van der Waals surface area contributed by atoms with Crippen LogP contribution >= 0.6 is 0 Å². The first-order valence-corrected chi connectivity index (χ1v) is 8.89. The minimum atomic E-state index is -4.55. The number of aryl methyl sites for hydroxylation is 1. The van der Waals surface area contributed by atoms with Crippen LogP contribution in [0.5, 0.6) is 0 Å². The van der Waals surface area contributed by atoms with Crippen LogP contribution in [0.3, 0.4) is 0 Å². The molecule has 3 rings (SSSR count). The van der Waals surface area contributed by atoms with Gasteiger partial charge in [0, 0.05) is 11.5 Å². The van der Waals surface area contributed by atoms with Gasteiger partial charge in [-0.15, -0.1) is 0 Å². The Bertz CT molecular complexity index is 951. The molecule has 4 nitrogen and oxygen atoms in total. The maximum absolute atomic E-state index is 13.4. The van der Waals surface area contributed by atoms with Crippen molar-refractivity contribution in [1.29, 1.82) is 0 Å². The molecule has 0 saturated heterocycles. The lowest BCUT2D eigenvalue weighted by Gasteiger charge is -2.29. The zero-order valence-electron chi connectivity index (χ0n) is 15.9. The number of carbonyl (C=O) groups is 2. The molecule has 0 bridgehead atoms. The number of ketones is 2. The highest BCUT2D eigenvalue weighted by Gasteiger charge is 2.52. The van der Waals surface area contributed by atoms with Crippen molar-refractivity contribution in [2.45, 2.75) is 46.2 Å². The van der Waals surface area contributed by atoms with Gasteiger partial charge in [-0.05, 0) is 51.7 Å². The molecule has 0 aromatic heterocycles. The van der Waals surface area contributed by atoms with Crippen LogP contribution < -0.4 is 0 Å². The summed E-state index contributed by atoms with van der Waals surface area (Å²) in [5, 5.41) is 20.4. The molecule has 2 unspecified atom stereocenters. The Balaban J connectivity index is 1.97. The second-order valence-corrected chi connectivity index (χ2v) is 8.05. The van der Waals surface area contributed by atoms with Crippen LogP contribution in [-0.4, -0.2) is 21.8 Å². The van der Waals surface area contributed by atoms with Crippen molar-refractivity contribution in [3.05, 3.63) is 57.6 Å². The van der Waals surface area contributed by atoms with Crippen LogP contribution in [0.1, 0.15) is 49.8 Å². The Morgan fingerprint density at radius 2 is 1.79 bits per heavy atom. The molecule has 7 heteroatoms. The van der Waals surface area contributed by atoms with Crippen LogP contribution in [0.4, 0.5) is 13.2 Å². The molecule has 0 heterocycles. The third-order valence-corrected chi connectivity index (χ3v) is 5.62. The first-order chi connectivity index (χ1) is 12.8. The molecule has 0 spiro atoms. The number of hydrogen-bond donors (Lipinski definition) is 2. The van der Waals surface area contributed by atoms with E-state index < -0.39 is 51.9 Å². The number of benzene rings is 1. The number of rotatable bonds is 3. The molecule has 2 aliphatic rings. The summed E-state index contributed by atoms with van der Waals surface area (Å²) >= 11 is 0. The summed E-state index contributed by atoms with van der Waals surface area (Å²) in [6.45, 7) is 5.81. The minimum absolute atomic E-state index is 0.0224. The first-order valence-electron chi connectivity index (χ1n) is 8.89. The average Bonchev–Trinajstić information content (AvgIpc) is 3.38. The van der Waals surface area contributed by atoms with Crippen molar-refractivity contribution in [2.24, 2.45) is 11.3 Å². The highest BCUT2D eigenvalue weighted by atomic mass is 19.4. The van der Waals surface area contributed by atoms with E-state index in [1.54, 1.807) is 13.0 Å². The van der Waals surface area contributed by atoms with Crippen molar-refractivity contribution in [1.82, 2.24) is 0 Å². The van der Waals surface area contributed by atoms with Gasteiger partial charge in [-0.2, -0.15) is 13.2 Å². The number of carbonyl (C=O) groups excluding carboxylic acids is 2. The number of hydrogen-bond acceptors (Lipinski definition) is 4. The van der Waals surface area contributed by atoms with Crippen LogP contribution in [0, 0.1) is 18.3 Å². The van der Waals surface area contributed by atoms with Gasteiger partial charge >= 0.3 is 6.18 Å². The molecular formula is C21H21F3O4. The molecule has 1 aromatic rings. The lowest BCUT2D eigenvalue weighted by atomic mass is 9.74. The van der Waals surface area contributed by atoms with Crippen molar-refractivity contribution in [3.63, 3.8) is 0 Å². The van der Waals surface area contributed by atoms with Gasteiger partial charge in [0.25, 0.3) is 0 Å². The fourth-order valence-electron chi connectivity index (χ4n) is 3.78. The van der Waals surface area contributed by atoms with E-state index in [4.69, 9.17) is 0 Å². The van der Waals surface area contributed by atoms with E-state index in [-0.39, 0.29) is 23.3 Å². The van der Waals surface area contributed by atoms with Crippen LogP contribution in [0.15, 0.2) is 40.9 Å². The normalized spacial score (nSPS) is 24.6. The molecule has 28 heavy (non-hydrogen) atoms. The lowest BCUT2D eigenvalue weighted by Crippen LogP contribution is -2.36. The van der Waals surface area contributed by atoms with Gasteiger partial charge in [0.15, 0.2) is 11.6 Å². The van der Waals surface area contributed by atoms with Crippen molar-refractivity contribution >= 4 is 11.6 Å². The number of alkyl halides is 3. The van der Waals surface area contributed by atoms with E-state index in [1.165, 1.54) is 26.8 Å². The number of aliphatic hydroxyl groups excluding tert-OH is 2. The second-order valence-electron chi connectivity index (χ2n) is 8.05. The number of aliphatic hydroxyl groups is 2. The van der Waals surface area contributed by atoms with Gasteiger partial charge in [-0.3, -0.25) is 9.59 Å². The third-order valence-electron chi connectivity index (χ3n) is 5.62. The monoisotopic (exact) mass is 394 g/mol. The Labute approximate surface area is 160 Å². The smallest absolute Gasteiger partial charge is 0.416 e. The van der Waals surface area contributed by atoms with Crippen molar-refractivity contribution < 1.29 is 33.0 Å². The number of Topliss-reactive ketones (excluding diaryl/α,β-unsaturated/α-hetero) is 2. The predicted molar refractivity (Wildman–Crippen MR) is 95.8 cm³/mol. The van der Waals surface area contributed by atoms with E-state index in [1.807, 2.05) is 0 Å². The Morgan fingerprint density at radius 3 is 2.36 bits per heavy atom. The highest BCUT2D eigenvalue weighted by Crippen LogP contribution is 2.53. The molecule has 1 fully saturated rings. The molecule has 1 aromatic carbocycles. The van der Waals surface area contributed by atoms with Crippen LogP contribution in [0.2, 0.25) is 0 Å². The summed E-state index contributed by atoms with van der Waals surface area (Å²) in [6.07, 6.45) is -4.38. The molecule has 2 N–H and O–H groups in total. The molecule has 1 saturated carbocycles. The molecule has 150 valence electrons. The van der Waals surface area contributed by atoms with Gasteiger partial charge in [-0.1, -0.05) is 17.7 Å². The van der Waals surface area contributed by atoms with Gasteiger partial charge in [-0.25, -0.2) is 0 Å². The molecular weight excluding hydrogens is 373 g/mol. The second kappa shape index (κ2) is 6.22. The molecule has 2 aliphatic carbocycles. The Kier molecular flexibility index (Phi) is 4.48. The first kappa shape index (κ1) is 20.2. The topological polar surface area (TPSA) is 74.6 Å². The summed E-state index contributed by atoms with van der Waals surface area (Å²) in [5.74, 6) is -3.81. The van der Waals surface area contributed by atoms with Gasteiger partial charge in [0.05, 0.1) is 11.0 Å². The van der Waals surface area contributed by atoms with Gasteiger partial charge in [0.1, 0.15) is 17.1 Å². The van der Waals surface area contributed by atoms with Crippen LogP contribution in [-0.2, 0) is 15.8 Å². The van der Waals surface area contributed by atoms with Gasteiger partial charge < -0.3 is 10.2 Å². The molecule has 0 amide bonds. The Hall–Kier alpha value is -2.57. The molecule has 0 aliphatic heterocycles. The van der Waals surface area contributed by atoms with E-state index in [9.17, 15) is 33.0 Å². The maximum Gasteiger partial charge on any atom is 0.416 e. The zero-order valence-corrected chi connectivity index (χ0v) is 15.9. The number of halogens is 3. The van der Waals surface area contributed by atoms with Crippen molar-refractivity contribution in [3.8, 4) is 0 Å². The SMILES string of the molecule is CC1=C(O)C(C)(C)C(=O)C(C(=O)C2CC2c2ccc(C)cc2C(F)(F)F)=C1O. The summed E-state index contributed by atoms with van der Waals surface area (Å²) in [4.78, 5) is 25.6. The summed E-state index contributed by atoms with van der Waals surface area (Å²) < 4.78 is 40.2. The maximum atomic E-state index is 13.4. The lowest BCUT2D eigenvalue weighted by molar-refractivity contribution is -0.138. The van der Waals surface area contributed by atoms with Crippen LogP contribution in [0.25, 0.3) is 0 Å². The average molecular weight is 394 g/mol. The van der Waals surface area contributed by atoms with E-state index in [2.05, 4.69) is 0 Å². The molecule has 2 atom stereocenters. The van der Waals surface area contributed by atoms with Crippen molar-refractivity contribution in [2.75, 3.05) is 0 Å². The Morgan fingerprint density at radius 1 is 1.18 bits per heavy atom. The largest absolute Gasteiger partial charge is 0.511 e. The van der Waals surface area contributed by atoms with Gasteiger partial charge in [0.2, 0.25) is 0 Å². The van der Waals surface area contributed by atoms with E-state index in [0.717, 1.165) is 6.07 Å². The number of allylic oxidation sites excluding steroid dienone is 3. The standard InChI is InChI=1S/C21H21F3O4/c1-9-5-6-11(14(7-9)21(22,23)24)12-8-13(12)17(26)15-16(25)10(2)18(27)20(3,4)19(15)28/h5-7,12-13,25,27H,8H2,1-4H3. The van der Waals surface area contributed by atoms with E-state index >= 15 is 0 Å². The molecule has 0 radical (unpaired) electrons. The fraction of sp³-hybridized carbons (Fsp3) is 0.429. The quantitative estimate of drug-likeness (QED) is 0.712. The third kappa shape index (κ3) is 3.02. The minimum Gasteiger partial charge on any atom is -0.511 e. The summed E-state index contributed by atoms with van der Waals surface area (Å²) in [5.41, 5.74) is -2.10. The highest BCUT2D eigenvalue weighted by molar-refractivity contribution is 6.25. The predicted octanol–water partition coefficient (Wildman–Crippen LogP) is 4.94. The zero-order chi connectivity index (χ0) is 21.2. The summed E-state index contributed by atoms with van der Waals surface area (Å²) in [7, 11) is 0.